The minimum absolute atomic E-state index is 0.621. The number of aryl methyl sites for hydroxylation is 2. The second-order valence-corrected chi connectivity index (χ2v) is 4.92. The minimum atomic E-state index is 0.621. The number of amidine groups is 1. The Kier molecular flexibility index (Phi) is 3.93. The van der Waals surface area contributed by atoms with Crippen LogP contribution in [0, 0.1) is 0 Å². The van der Waals surface area contributed by atoms with Crippen LogP contribution in [0.5, 0.6) is 0 Å². The van der Waals surface area contributed by atoms with E-state index in [1.165, 1.54) is 29.7 Å². The molecule has 0 saturated carbocycles. The summed E-state index contributed by atoms with van der Waals surface area (Å²) in [6.45, 7) is 1.26. The van der Waals surface area contributed by atoms with E-state index in [-0.39, 0.29) is 0 Å². The molecule has 0 aliphatic heterocycles. The fraction of sp³-hybridized carbons (Fsp3) is 0.545. The van der Waals surface area contributed by atoms with Crippen molar-refractivity contribution in [2.45, 2.75) is 19.3 Å². The third-order valence-corrected chi connectivity index (χ3v) is 3.93. The molecule has 0 fully saturated rings. The number of nitrogens with two attached hydrogens (primary N) is 1. The van der Waals surface area contributed by atoms with Crippen LogP contribution in [0.2, 0.25) is 0 Å². The molecule has 0 spiro atoms. The number of aliphatic imine (C=N–C) groups is 1. The van der Waals surface area contributed by atoms with Crippen LogP contribution in [0.3, 0.4) is 0 Å². The van der Waals surface area contributed by atoms with Crippen molar-refractivity contribution in [1.82, 2.24) is 5.43 Å². The SMILES string of the molecule is COCCN=C(NN)c1cc2c(s1)CCC2. The largest absolute Gasteiger partial charge is 0.383 e. The Morgan fingerprint density at radius 2 is 2.50 bits per heavy atom. The van der Waals surface area contributed by atoms with E-state index in [0.29, 0.717) is 13.2 Å². The minimum Gasteiger partial charge on any atom is -0.383 e. The van der Waals surface area contributed by atoms with Crippen molar-refractivity contribution < 1.29 is 4.74 Å². The molecule has 2 rings (SSSR count). The highest BCUT2D eigenvalue weighted by molar-refractivity contribution is 7.14. The third kappa shape index (κ3) is 2.42. The molecule has 4 nitrogen and oxygen atoms in total. The summed E-state index contributed by atoms with van der Waals surface area (Å²) in [4.78, 5) is 7.01. The Hall–Kier alpha value is -0.910. The topological polar surface area (TPSA) is 59.6 Å². The zero-order valence-electron chi connectivity index (χ0n) is 9.45. The van der Waals surface area contributed by atoms with E-state index in [0.717, 1.165) is 10.7 Å². The number of methoxy groups -OCH3 is 1. The molecule has 1 aliphatic rings. The van der Waals surface area contributed by atoms with E-state index in [9.17, 15) is 0 Å². The lowest BCUT2D eigenvalue weighted by Crippen LogP contribution is -2.31. The first-order valence-corrected chi connectivity index (χ1v) is 6.28. The van der Waals surface area contributed by atoms with Crippen molar-refractivity contribution >= 4 is 17.2 Å². The number of hydrogen-bond donors (Lipinski definition) is 2. The summed E-state index contributed by atoms with van der Waals surface area (Å²) >= 11 is 1.80. The Morgan fingerprint density at radius 3 is 3.19 bits per heavy atom. The molecule has 1 heterocycles. The van der Waals surface area contributed by atoms with Gasteiger partial charge in [0, 0.05) is 12.0 Å². The van der Waals surface area contributed by atoms with Gasteiger partial charge in [-0.1, -0.05) is 0 Å². The molecule has 0 saturated heterocycles. The lowest BCUT2D eigenvalue weighted by molar-refractivity contribution is 0.208. The zero-order valence-corrected chi connectivity index (χ0v) is 10.3. The molecule has 1 aromatic heterocycles. The van der Waals surface area contributed by atoms with E-state index in [2.05, 4.69) is 16.5 Å². The Balaban J connectivity index is 2.10. The highest BCUT2D eigenvalue weighted by Crippen LogP contribution is 2.30. The van der Waals surface area contributed by atoms with Crippen LogP contribution < -0.4 is 11.3 Å². The van der Waals surface area contributed by atoms with Crippen LogP contribution in [0.25, 0.3) is 0 Å². The molecule has 3 N–H and O–H groups in total. The van der Waals surface area contributed by atoms with Crippen molar-refractivity contribution in [3.8, 4) is 0 Å². The van der Waals surface area contributed by atoms with Gasteiger partial charge in [0.2, 0.25) is 0 Å². The molecule has 0 aromatic carbocycles. The molecule has 0 unspecified atom stereocenters. The summed E-state index contributed by atoms with van der Waals surface area (Å²) in [5.74, 6) is 6.27. The Morgan fingerprint density at radius 1 is 1.62 bits per heavy atom. The molecular weight excluding hydrogens is 222 g/mol. The summed E-state index contributed by atoms with van der Waals surface area (Å²) < 4.78 is 4.96. The van der Waals surface area contributed by atoms with Gasteiger partial charge in [0.05, 0.1) is 18.0 Å². The summed E-state index contributed by atoms with van der Waals surface area (Å²) in [5, 5.41) is 0. The van der Waals surface area contributed by atoms with Crippen molar-refractivity contribution in [2.75, 3.05) is 20.3 Å². The molecular formula is C11H17N3OS. The third-order valence-electron chi connectivity index (χ3n) is 2.68. The molecule has 0 atom stereocenters. The molecule has 0 radical (unpaired) electrons. The number of nitrogens with one attached hydrogen (secondary N) is 1. The first-order chi connectivity index (χ1) is 7.85. The number of hydrogen-bond acceptors (Lipinski definition) is 4. The van der Waals surface area contributed by atoms with Gasteiger partial charge in [-0.2, -0.15) is 0 Å². The van der Waals surface area contributed by atoms with E-state index >= 15 is 0 Å². The fourth-order valence-electron chi connectivity index (χ4n) is 1.89. The Labute approximate surface area is 99.5 Å². The Bertz CT molecular complexity index is 365. The van der Waals surface area contributed by atoms with Crippen LogP contribution in [-0.2, 0) is 17.6 Å². The van der Waals surface area contributed by atoms with Crippen molar-refractivity contribution in [3.63, 3.8) is 0 Å². The van der Waals surface area contributed by atoms with Crippen LogP contribution in [-0.4, -0.2) is 26.1 Å². The van der Waals surface area contributed by atoms with Gasteiger partial charge < -0.3 is 10.2 Å². The van der Waals surface area contributed by atoms with Crippen molar-refractivity contribution in [2.24, 2.45) is 10.8 Å². The molecule has 1 aliphatic carbocycles. The first-order valence-electron chi connectivity index (χ1n) is 5.47. The van der Waals surface area contributed by atoms with Gasteiger partial charge in [-0.25, -0.2) is 5.84 Å². The second kappa shape index (κ2) is 5.43. The normalized spacial score (nSPS) is 15.2. The zero-order chi connectivity index (χ0) is 11.4. The van der Waals surface area contributed by atoms with Crippen LogP contribution >= 0.6 is 11.3 Å². The fourth-order valence-corrected chi connectivity index (χ4v) is 3.11. The number of thiophene rings is 1. The maximum atomic E-state index is 5.49. The van der Waals surface area contributed by atoms with Crippen molar-refractivity contribution in [3.05, 3.63) is 21.4 Å². The predicted octanol–water partition coefficient (Wildman–Crippen LogP) is 1.09. The average molecular weight is 239 g/mol. The van der Waals surface area contributed by atoms with Crippen LogP contribution in [0.1, 0.15) is 21.7 Å². The quantitative estimate of drug-likeness (QED) is 0.272. The maximum Gasteiger partial charge on any atom is 0.152 e. The van der Waals surface area contributed by atoms with Gasteiger partial charge in [0.15, 0.2) is 5.84 Å². The van der Waals surface area contributed by atoms with E-state index in [4.69, 9.17) is 10.6 Å². The van der Waals surface area contributed by atoms with Crippen LogP contribution in [0.15, 0.2) is 11.1 Å². The van der Waals surface area contributed by atoms with E-state index in [1.807, 2.05) is 0 Å². The monoisotopic (exact) mass is 239 g/mol. The predicted molar refractivity (Wildman–Crippen MR) is 66.9 cm³/mol. The molecule has 1 aromatic rings. The summed E-state index contributed by atoms with van der Waals surface area (Å²) in [7, 11) is 1.67. The van der Waals surface area contributed by atoms with Gasteiger partial charge in [-0.3, -0.25) is 4.99 Å². The first kappa shape index (κ1) is 11.6. The highest BCUT2D eigenvalue weighted by Gasteiger charge is 2.16. The lowest BCUT2D eigenvalue weighted by atomic mass is 10.2. The average Bonchev–Trinajstić information content (AvgIpc) is 2.84. The van der Waals surface area contributed by atoms with E-state index in [1.54, 1.807) is 18.4 Å². The molecule has 88 valence electrons. The molecule has 5 heteroatoms. The summed E-state index contributed by atoms with van der Waals surface area (Å²) in [6, 6.07) is 2.21. The van der Waals surface area contributed by atoms with Gasteiger partial charge in [-0.05, 0) is 30.9 Å². The molecule has 16 heavy (non-hydrogen) atoms. The lowest BCUT2D eigenvalue weighted by Gasteiger charge is -2.02. The van der Waals surface area contributed by atoms with Gasteiger partial charge >= 0.3 is 0 Å². The number of hydrazine groups is 1. The summed E-state index contributed by atoms with van der Waals surface area (Å²) in [5.41, 5.74) is 4.14. The van der Waals surface area contributed by atoms with E-state index < -0.39 is 0 Å². The summed E-state index contributed by atoms with van der Waals surface area (Å²) in [6.07, 6.45) is 3.69. The maximum absolute atomic E-state index is 5.49. The smallest absolute Gasteiger partial charge is 0.152 e. The van der Waals surface area contributed by atoms with Crippen molar-refractivity contribution in [1.29, 1.82) is 0 Å². The standard InChI is InChI=1S/C11H17N3OS/c1-15-6-5-13-11(14-12)10-7-8-3-2-4-9(8)16-10/h7H,2-6,12H2,1H3,(H,13,14). The second-order valence-electron chi connectivity index (χ2n) is 3.78. The molecule has 0 bridgehead atoms. The number of ether oxygens (including phenoxy) is 1. The van der Waals surface area contributed by atoms with Gasteiger partial charge in [0.1, 0.15) is 0 Å². The number of fused-ring (bicyclic) bond motifs is 1. The number of rotatable bonds is 4. The van der Waals surface area contributed by atoms with Gasteiger partial charge in [-0.15, -0.1) is 11.3 Å². The molecule has 0 amide bonds. The van der Waals surface area contributed by atoms with Gasteiger partial charge in [0.25, 0.3) is 0 Å². The highest BCUT2D eigenvalue weighted by atomic mass is 32.1. The van der Waals surface area contributed by atoms with Crippen LogP contribution in [0.4, 0.5) is 0 Å². The number of nitrogens with zero attached hydrogens (tertiary/aromatic N) is 1.